The average molecular weight is 675 g/mol. The second-order valence-corrected chi connectivity index (χ2v) is 15.7. The van der Waals surface area contributed by atoms with E-state index in [1.54, 1.807) is 0 Å². The molecule has 3 fully saturated rings. The molecule has 0 aliphatic carbocycles. The number of imidazole rings is 2. The summed E-state index contributed by atoms with van der Waals surface area (Å²) in [6, 6.07) is 1.26. The van der Waals surface area contributed by atoms with E-state index in [1.165, 1.54) is 50.7 Å². The van der Waals surface area contributed by atoms with Gasteiger partial charge in [-0.3, -0.25) is 31.9 Å². The van der Waals surface area contributed by atoms with E-state index in [2.05, 4.69) is 44.5 Å². The molecule has 3 N–H and O–H groups in total. The number of anilines is 1. The van der Waals surface area contributed by atoms with Crippen LogP contribution >= 0.6 is 38.1 Å². The van der Waals surface area contributed by atoms with Crippen LogP contribution in [-0.2, 0) is 36.7 Å². The number of nitrogens with two attached hydrogens (primary N) is 1. The first-order valence-electron chi connectivity index (χ1n) is 12.8. The van der Waals surface area contributed by atoms with E-state index in [4.69, 9.17) is 33.3 Å². The Labute approximate surface area is 251 Å². The summed E-state index contributed by atoms with van der Waals surface area (Å²) < 4.78 is 65.8. The van der Waals surface area contributed by atoms with E-state index in [1.807, 2.05) is 0 Å². The summed E-state index contributed by atoms with van der Waals surface area (Å²) in [5.41, 5.74) is 6.36. The van der Waals surface area contributed by atoms with Crippen molar-refractivity contribution in [2.45, 2.75) is 49.3 Å². The highest BCUT2D eigenvalue weighted by molar-refractivity contribution is 8.44. The number of hydrogen-bond donors (Lipinski definition) is 4. The van der Waals surface area contributed by atoms with Gasteiger partial charge in [-0.2, -0.15) is 5.10 Å². The van der Waals surface area contributed by atoms with Crippen LogP contribution in [0.3, 0.4) is 0 Å². The highest BCUT2D eigenvalue weighted by atomic mass is 32.7. The van der Waals surface area contributed by atoms with E-state index < -0.39 is 63.1 Å². The van der Waals surface area contributed by atoms with Gasteiger partial charge >= 0.3 is 13.6 Å². The summed E-state index contributed by atoms with van der Waals surface area (Å²) in [7, 11) is 0. The lowest BCUT2D eigenvalue weighted by Crippen LogP contribution is -2.35. The number of aliphatic hydroxyl groups excluding tert-OH is 1. The highest BCUT2D eigenvalue weighted by Crippen LogP contribution is 2.60. The third-order valence-electron chi connectivity index (χ3n) is 7.27. The minimum Gasteiger partial charge on any atom is -0.387 e. The van der Waals surface area contributed by atoms with Crippen molar-refractivity contribution >= 4 is 55.3 Å². The number of nitrogens with zero attached hydrogens (tertiary/aromatic N) is 7. The Balaban J connectivity index is 1.19. The van der Waals surface area contributed by atoms with Gasteiger partial charge in [-0.05, 0) is 0 Å². The molecule has 4 aromatic heterocycles. The molecule has 4 aromatic rings. The van der Waals surface area contributed by atoms with Crippen molar-refractivity contribution in [1.29, 1.82) is 0 Å². The maximum absolute atomic E-state index is 13.5. The molecule has 0 unspecified atom stereocenters. The van der Waals surface area contributed by atoms with Gasteiger partial charge in [0.25, 0.3) is 5.56 Å². The molecule has 18 nitrogen and oxygen atoms in total. The van der Waals surface area contributed by atoms with Crippen LogP contribution < -0.4 is 11.3 Å². The molecule has 230 valence electrons. The molecule has 0 radical (unpaired) electrons. The van der Waals surface area contributed by atoms with Crippen molar-refractivity contribution in [1.82, 2.24) is 33.5 Å². The summed E-state index contributed by atoms with van der Waals surface area (Å²) in [6.07, 6.45) is -0.550. The molecule has 7 heterocycles. The molecule has 7 rings (SSSR count). The van der Waals surface area contributed by atoms with Gasteiger partial charge in [0, 0.05) is 31.1 Å². The summed E-state index contributed by atoms with van der Waals surface area (Å²) in [6.45, 7) is -9.15. The lowest BCUT2D eigenvalue weighted by Gasteiger charge is -2.26. The molecule has 3 aliphatic heterocycles. The molecule has 2 bridgehead atoms. The number of ether oxygens (including phenoxy) is 2. The van der Waals surface area contributed by atoms with Crippen LogP contribution in [-0.4, -0.2) is 82.4 Å². The molecule has 43 heavy (non-hydrogen) atoms. The third kappa shape index (κ3) is 5.44. The number of aromatic nitrogens is 7. The summed E-state index contributed by atoms with van der Waals surface area (Å²) in [4.78, 5) is 24.6. The van der Waals surface area contributed by atoms with E-state index in [0.717, 1.165) is 0 Å². The fraction of sp³-hybridized carbons (Fsp3) is 0.476. The van der Waals surface area contributed by atoms with E-state index in [0.29, 0.717) is 11.3 Å². The molecule has 0 saturated carbocycles. The number of aliphatic hydroxyl groups is 1. The Morgan fingerprint density at radius 1 is 1.00 bits per heavy atom. The Kier molecular flexibility index (Phi) is 7.46. The van der Waals surface area contributed by atoms with Crippen LogP contribution in [0.2, 0.25) is 0 Å². The molecular weight excluding hydrogens is 650 g/mol. The topological polar surface area (TPSA) is 218 Å². The second-order valence-electron chi connectivity index (χ2n) is 9.92. The SMILES string of the molecule is Nc1ncnn2c([C@H]3C[C@@H]4O[P@](=O)(S)OC[C@H]5O[C@@H](n6ccc(=O)n7ccnc67)[C@H](O[P@](=O)(S)OC[C@H]4O3)[C@@H]5O)cnc12. The zero-order chi connectivity index (χ0) is 30.1. The van der Waals surface area contributed by atoms with Crippen LogP contribution in [0.1, 0.15) is 24.4 Å². The summed E-state index contributed by atoms with van der Waals surface area (Å²) >= 11 is 8.27. The second kappa shape index (κ2) is 10.9. The molecule has 3 aliphatic rings. The first-order valence-corrected chi connectivity index (χ1v) is 18.2. The van der Waals surface area contributed by atoms with Crippen LogP contribution in [0, 0.1) is 0 Å². The standard InChI is InChI=1S/C21H24N8O10P2S2/c22-18-19-24-6-10(29(19)26-9-25-18)11-5-12-13(36-11)7-34-41(33,43)39-17-16(31)14(8-35-40(32,42)38-12)37-20(17)28-3-1-15(30)27-4-2-23-21(27)28/h1-4,6,9,11-14,16-17,20,31H,5,7-8H2,(H,32,42)(H,33,43)(H2,22,25,26)/t11-,12+,13-,14-,16-,17-,20-,40-,41-/m1/s1. The van der Waals surface area contributed by atoms with Crippen molar-refractivity contribution in [3.8, 4) is 0 Å². The fourth-order valence-electron chi connectivity index (χ4n) is 5.30. The Morgan fingerprint density at radius 3 is 2.58 bits per heavy atom. The highest BCUT2D eigenvalue weighted by Gasteiger charge is 2.51. The fourth-order valence-corrected chi connectivity index (χ4v) is 8.28. The van der Waals surface area contributed by atoms with Gasteiger partial charge in [-0.25, -0.2) is 28.6 Å². The lowest BCUT2D eigenvalue weighted by atomic mass is 10.1. The number of hydrogen-bond acceptors (Lipinski definition) is 15. The van der Waals surface area contributed by atoms with Gasteiger partial charge < -0.3 is 20.3 Å². The minimum absolute atomic E-state index is 0.136. The van der Waals surface area contributed by atoms with Crippen molar-refractivity contribution in [3.63, 3.8) is 0 Å². The lowest BCUT2D eigenvalue weighted by molar-refractivity contribution is -0.0534. The molecule has 0 aromatic carbocycles. The predicted molar refractivity (Wildman–Crippen MR) is 152 cm³/mol. The van der Waals surface area contributed by atoms with Gasteiger partial charge in [0.2, 0.25) is 5.78 Å². The average Bonchev–Trinajstić information content (AvgIpc) is 3.74. The number of fused-ring (bicyclic) bond motifs is 5. The largest absolute Gasteiger partial charge is 0.387 e. The van der Waals surface area contributed by atoms with Gasteiger partial charge in [0.1, 0.15) is 36.8 Å². The van der Waals surface area contributed by atoms with Crippen molar-refractivity contribution in [2.75, 3.05) is 18.9 Å². The van der Waals surface area contributed by atoms with Crippen molar-refractivity contribution in [3.05, 3.63) is 53.2 Å². The molecule has 0 spiro atoms. The van der Waals surface area contributed by atoms with Gasteiger partial charge in [-0.1, -0.05) is 24.5 Å². The normalized spacial score (nSPS) is 37.1. The van der Waals surface area contributed by atoms with Crippen LogP contribution in [0.5, 0.6) is 0 Å². The van der Waals surface area contributed by atoms with E-state index in [9.17, 15) is 19.0 Å². The molecule has 9 atom stereocenters. The minimum atomic E-state index is -4.22. The molecule has 22 heteroatoms. The van der Waals surface area contributed by atoms with Gasteiger partial charge in [0.05, 0.1) is 31.2 Å². The summed E-state index contributed by atoms with van der Waals surface area (Å²) in [5, 5.41) is 15.3. The van der Waals surface area contributed by atoms with E-state index in [-0.39, 0.29) is 30.2 Å². The Hall–Kier alpha value is -2.35. The first kappa shape index (κ1) is 29.4. The zero-order valence-electron chi connectivity index (χ0n) is 21.7. The molecule has 0 amide bonds. The van der Waals surface area contributed by atoms with E-state index >= 15 is 0 Å². The summed E-state index contributed by atoms with van der Waals surface area (Å²) in [5.74, 6) is 0.322. The Morgan fingerprint density at radius 2 is 1.77 bits per heavy atom. The van der Waals surface area contributed by atoms with Crippen molar-refractivity contribution in [2.24, 2.45) is 0 Å². The number of thiol groups is 2. The smallest absolute Gasteiger partial charge is 0.386 e. The van der Waals surface area contributed by atoms with Crippen LogP contribution in [0.4, 0.5) is 5.82 Å². The van der Waals surface area contributed by atoms with Crippen LogP contribution in [0.15, 0.2) is 42.0 Å². The zero-order valence-corrected chi connectivity index (χ0v) is 25.3. The third-order valence-corrected chi connectivity index (χ3v) is 10.5. The maximum atomic E-state index is 13.5. The quantitative estimate of drug-likeness (QED) is 0.173. The number of rotatable bonds is 2. The van der Waals surface area contributed by atoms with Gasteiger partial charge in [0.15, 0.2) is 17.7 Å². The Bertz CT molecular complexity index is 1850. The molecular formula is C21H24N8O10P2S2. The predicted octanol–water partition coefficient (Wildman–Crippen LogP) is 1.20. The first-order chi connectivity index (χ1) is 20.5. The maximum Gasteiger partial charge on any atom is 0.386 e. The van der Waals surface area contributed by atoms with Gasteiger partial charge in [-0.15, -0.1) is 0 Å². The molecule has 3 saturated heterocycles. The monoisotopic (exact) mass is 674 g/mol. The number of nitrogen functional groups attached to an aromatic ring is 1. The van der Waals surface area contributed by atoms with Crippen LogP contribution in [0.25, 0.3) is 11.4 Å². The van der Waals surface area contributed by atoms with Crippen molar-refractivity contribution < 1.29 is 41.8 Å².